The molecule has 0 aromatic rings. The maximum Gasteiger partial charge on any atom is 0.236 e. The molecular weight excluding hydrogens is 390 g/mol. The lowest BCUT2D eigenvalue weighted by atomic mass is 9.90. The molecule has 0 saturated carbocycles. The highest BCUT2D eigenvalue weighted by Gasteiger charge is 2.41. The van der Waals surface area contributed by atoms with Gasteiger partial charge in [-0.1, -0.05) is 13.8 Å². The summed E-state index contributed by atoms with van der Waals surface area (Å²) >= 11 is 0. The van der Waals surface area contributed by atoms with Crippen LogP contribution in [-0.2, 0) is 28.5 Å². The molecule has 1 spiro atoms. The molecule has 2 aliphatic heterocycles. The van der Waals surface area contributed by atoms with Crippen molar-refractivity contribution in [3.05, 3.63) is 0 Å². The molecule has 2 saturated heterocycles. The summed E-state index contributed by atoms with van der Waals surface area (Å²) in [5.41, 5.74) is 11.1. The first-order valence-corrected chi connectivity index (χ1v) is 11.1. The van der Waals surface area contributed by atoms with Crippen LogP contribution in [0.3, 0.4) is 0 Å². The number of Topliss-reactive ketones (excluding diaryl/α,β-unsaturated/α-hetero) is 1. The number of carbonyl (C=O) groups is 2. The van der Waals surface area contributed by atoms with Gasteiger partial charge in [0.1, 0.15) is 5.78 Å². The van der Waals surface area contributed by atoms with Gasteiger partial charge >= 0.3 is 0 Å². The van der Waals surface area contributed by atoms with E-state index in [0.29, 0.717) is 58.8 Å². The van der Waals surface area contributed by atoms with Gasteiger partial charge in [0.15, 0.2) is 12.6 Å². The van der Waals surface area contributed by atoms with Crippen molar-refractivity contribution in [3.63, 3.8) is 0 Å². The first-order valence-electron chi connectivity index (χ1n) is 11.1. The summed E-state index contributed by atoms with van der Waals surface area (Å²) in [6.45, 7) is 7.00. The van der Waals surface area contributed by atoms with Gasteiger partial charge in [-0.15, -0.1) is 0 Å². The van der Waals surface area contributed by atoms with Gasteiger partial charge in [-0.25, -0.2) is 0 Å². The van der Waals surface area contributed by atoms with E-state index in [0.717, 1.165) is 19.3 Å². The lowest BCUT2D eigenvalue weighted by molar-refractivity contribution is -0.304. The molecule has 1 amide bonds. The first kappa shape index (κ1) is 25.2. The van der Waals surface area contributed by atoms with Crippen LogP contribution in [-0.4, -0.2) is 69.8 Å². The van der Waals surface area contributed by atoms with Crippen LogP contribution in [0.2, 0.25) is 0 Å². The third kappa shape index (κ3) is 8.20. The normalized spacial score (nSPS) is 27.9. The number of nitrogens with two attached hydrogens (primary N) is 2. The number of rotatable bonds is 12. The molecule has 0 radical (unpaired) electrons. The van der Waals surface area contributed by atoms with E-state index in [-0.39, 0.29) is 35.6 Å². The van der Waals surface area contributed by atoms with Crippen LogP contribution in [0, 0.1) is 11.3 Å². The zero-order valence-electron chi connectivity index (χ0n) is 18.4. The van der Waals surface area contributed by atoms with E-state index in [4.69, 9.17) is 30.4 Å². The van der Waals surface area contributed by atoms with E-state index in [9.17, 15) is 9.59 Å². The summed E-state index contributed by atoms with van der Waals surface area (Å²) in [6, 6.07) is -0.658. The van der Waals surface area contributed by atoms with E-state index < -0.39 is 6.04 Å². The number of ether oxygens (including phenoxy) is 4. The second kappa shape index (κ2) is 12.7. The van der Waals surface area contributed by atoms with Crippen molar-refractivity contribution in [1.29, 1.82) is 0 Å². The summed E-state index contributed by atoms with van der Waals surface area (Å²) in [4.78, 5) is 23.7. The Morgan fingerprint density at radius 3 is 2.03 bits per heavy atom. The molecule has 174 valence electrons. The molecule has 9 nitrogen and oxygen atoms in total. The van der Waals surface area contributed by atoms with Gasteiger partial charge in [0, 0.05) is 25.3 Å². The Labute approximate surface area is 179 Å². The first-order chi connectivity index (χ1) is 14.3. The largest absolute Gasteiger partial charge is 0.355 e. The molecule has 0 bridgehead atoms. The van der Waals surface area contributed by atoms with E-state index >= 15 is 0 Å². The van der Waals surface area contributed by atoms with Crippen molar-refractivity contribution < 1.29 is 28.5 Å². The minimum Gasteiger partial charge on any atom is -0.355 e. The number of hydrogen-bond acceptors (Lipinski definition) is 8. The second-order valence-corrected chi connectivity index (χ2v) is 8.73. The Bertz CT molecular complexity index is 527. The number of nitrogens with one attached hydrogen (secondary N) is 1. The van der Waals surface area contributed by atoms with E-state index in [2.05, 4.69) is 5.32 Å². The highest BCUT2D eigenvalue weighted by molar-refractivity contribution is 5.84. The fraction of sp³-hybridized carbons (Fsp3) is 0.905. The third-order valence-electron chi connectivity index (χ3n) is 5.54. The maximum atomic E-state index is 12.0. The number of ketones is 1. The van der Waals surface area contributed by atoms with Gasteiger partial charge in [0.2, 0.25) is 5.91 Å². The second-order valence-electron chi connectivity index (χ2n) is 8.73. The number of hydrogen-bond donors (Lipinski definition) is 3. The number of carbonyl (C=O) groups excluding carboxylic acids is 2. The van der Waals surface area contributed by atoms with Crippen molar-refractivity contribution in [3.8, 4) is 0 Å². The predicted octanol–water partition coefficient (Wildman–Crippen LogP) is 0.687. The standard InChI is InChI=1S/C21H39N3O6/c1-15(2)17(25)8-7-16(23)20(26)24-10-4-6-19-29-13-21(14-30-19)11-27-18(28-12-21)5-3-9-22/h15-16,18-19H,3-14,22-23H2,1-2H3,(H,24,26). The minimum atomic E-state index is -0.658. The molecule has 2 aliphatic rings. The highest BCUT2D eigenvalue weighted by atomic mass is 16.7. The fourth-order valence-corrected chi connectivity index (χ4v) is 3.37. The van der Waals surface area contributed by atoms with Crippen LogP contribution in [0.25, 0.3) is 0 Å². The van der Waals surface area contributed by atoms with E-state index in [1.165, 1.54) is 0 Å². The Balaban J connectivity index is 1.55. The summed E-state index contributed by atoms with van der Waals surface area (Å²) in [5.74, 6) is -0.127. The summed E-state index contributed by atoms with van der Waals surface area (Å²) < 4.78 is 23.3. The molecule has 0 aromatic heterocycles. The highest BCUT2D eigenvalue weighted by Crippen LogP contribution is 2.31. The van der Waals surface area contributed by atoms with Crippen LogP contribution >= 0.6 is 0 Å². The molecule has 30 heavy (non-hydrogen) atoms. The molecular formula is C21H39N3O6. The summed E-state index contributed by atoms with van der Waals surface area (Å²) in [6.07, 6.45) is 3.31. The number of amides is 1. The summed E-state index contributed by atoms with van der Waals surface area (Å²) in [7, 11) is 0. The predicted molar refractivity (Wildman–Crippen MR) is 111 cm³/mol. The monoisotopic (exact) mass is 429 g/mol. The molecule has 1 atom stereocenters. The van der Waals surface area contributed by atoms with E-state index in [1.54, 1.807) is 0 Å². The van der Waals surface area contributed by atoms with Gasteiger partial charge in [-0.3, -0.25) is 9.59 Å². The van der Waals surface area contributed by atoms with E-state index in [1.807, 2.05) is 13.8 Å². The molecule has 5 N–H and O–H groups in total. The molecule has 0 aromatic carbocycles. The maximum absolute atomic E-state index is 12.0. The minimum absolute atomic E-state index is 0.0285. The van der Waals surface area contributed by atoms with Gasteiger partial charge < -0.3 is 35.7 Å². The molecule has 1 unspecified atom stereocenters. The molecule has 0 aliphatic carbocycles. The quantitative estimate of drug-likeness (QED) is 0.386. The lowest BCUT2D eigenvalue weighted by Gasteiger charge is -2.43. The fourth-order valence-electron chi connectivity index (χ4n) is 3.37. The average molecular weight is 430 g/mol. The Kier molecular flexibility index (Phi) is 10.6. The van der Waals surface area contributed by atoms with Crippen LogP contribution in [0.15, 0.2) is 0 Å². The zero-order valence-corrected chi connectivity index (χ0v) is 18.4. The van der Waals surface area contributed by atoms with Gasteiger partial charge in [0.25, 0.3) is 0 Å². The summed E-state index contributed by atoms with van der Waals surface area (Å²) in [5, 5.41) is 2.82. The molecule has 2 heterocycles. The third-order valence-corrected chi connectivity index (χ3v) is 5.54. The molecule has 2 fully saturated rings. The van der Waals surface area contributed by atoms with Gasteiger partial charge in [-0.2, -0.15) is 0 Å². The van der Waals surface area contributed by atoms with Crippen LogP contribution < -0.4 is 16.8 Å². The smallest absolute Gasteiger partial charge is 0.236 e. The van der Waals surface area contributed by atoms with Gasteiger partial charge in [0.05, 0.1) is 37.9 Å². The van der Waals surface area contributed by atoms with Crippen molar-refractivity contribution in [2.75, 3.05) is 39.5 Å². The van der Waals surface area contributed by atoms with Crippen LogP contribution in [0.4, 0.5) is 0 Å². The van der Waals surface area contributed by atoms with Gasteiger partial charge in [-0.05, 0) is 32.2 Å². The average Bonchev–Trinajstić information content (AvgIpc) is 2.75. The van der Waals surface area contributed by atoms with Crippen molar-refractivity contribution in [2.45, 2.75) is 71.0 Å². The van der Waals surface area contributed by atoms with Crippen LogP contribution in [0.5, 0.6) is 0 Å². The Morgan fingerprint density at radius 2 is 1.53 bits per heavy atom. The SMILES string of the molecule is CC(C)C(=O)CCC(N)C(=O)NCCCC1OCC2(COC(CCCN)OC2)CO1. The van der Waals surface area contributed by atoms with Crippen molar-refractivity contribution in [2.24, 2.45) is 22.8 Å². The van der Waals surface area contributed by atoms with Crippen molar-refractivity contribution in [1.82, 2.24) is 5.32 Å². The Hall–Kier alpha value is -1.10. The Morgan fingerprint density at radius 1 is 1.00 bits per heavy atom. The molecule has 9 heteroatoms. The topological polar surface area (TPSA) is 135 Å². The van der Waals surface area contributed by atoms with Crippen molar-refractivity contribution >= 4 is 11.7 Å². The lowest BCUT2D eigenvalue weighted by Crippen LogP contribution is -2.52. The zero-order chi connectivity index (χ0) is 22.0. The molecule has 2 rings (SSSR count). The van der Waals surface area contributed by atoms with Crippen LogP contribution in [0.1, 0.15) is 52.4 Å².